The maximum absolute atomic E-state index is 12.9. The molecule has 0 aromatic rings. The molecule has 0 aliphatic carbocycles. The van der Waals surface area contributed by atoms with E-state index >= 15 is 0 Å². The average molecular weight is 517 g/mol. The van der Waals surface area contributed by atoms with Crippen molar-refractivity contribution in [3.63, 3.8) is 0 Å². The summed E-state index contributed by atoms with van der Waals surface area (Å²) >= 11 is 18.9. The lowest BCUT2D eigenvalue weighted by atomic mass is 9.82. The fourth-order valence-corrected chi connectivity index (χ4v) is 7.62. The number of rotatable bonds is 8. The molecule has 1 aliphatic heterocycles. The fraction of sp³-hybridized carbons (Fsp3) is 0.750. The molecule has 0 N–H and O–H groups in total. The second kappa shape index (κ2) is 10.2. The molecular weight excluding hydrogens is 485 g/mol. The number of alkyl halides is 3. The van der Waals surface area contributed by atoms with Gasteiger partial charge in [0.05, 0.1) is 5.92 Å². The Bertz CT molecular complexity index is 725. The van der Waals surface area contributed by atoms with Crippen molar-refractivity contribution in [2.75, 3.05) is 12.4 Å². The van der Waals surface area contributed by atoms with E-state index in [0.29, 0.717) is 12.0 Å². The van der Waals surface area contributed by atoms with Crippen molar-refractivity contribution in [2.45, 2.75) is 75.9 Å². The van der Waals surface area contributed by atoms with E-state index in [2.05, 4.69) is 33.9 Å². The highest BCUT2D eigenvalue weighted by molar-refractivity contribution is 8.29. The Morgan fingerprint density at radius 2 is 1.67 bits per heavy atom. The molecule has 2 atom stereocenters. The molecule has 0 bridgehead atoms. The Labute approximate surface area is 199 Å². The quantitative estimate of drug-likeness (QED) is 0.135. The molecule has 1 amide bonds. The van der Waals surface area contributed by atoms with Crippen LogP contribution in [0.3, 0.4) is 0 Å². The van der Waals surface area contributed by atoms with Crippen LogP contribution in [0.5, 0.6) is 0 Å². The Hall–Kier alpha value is -0.213. The molecule has 1 rings (SSSR count). The van der Waals surface area contributed by atoms with E-state index in [1.54, 1.807) is 13.8 Å². The zero-order chi connectivity index (χ0) is 23.7. The molecule has 0 radical (unpaired) electrons. The third-order valence-corrected chi connectivity index (χ3v) is 15.3. The topological polar surface area (TPSA) is 63.7 Å². The number of halogens is 3. The summed E-state index contributed by atoms with van der Waals surface area (Å²) < 4.78 is 3.31. The van der Waals surface area contributed by atoms with Crippen LogP contribution < -0.4 is 0 Å². The summed E-state index contributed by atoms with van der Waals surface area (Å²) in [5.41, 5.74) is 0.598. The third kappa shape index (κ3) is 6.89. The highest BCUT2D eigenvalue weighted by Crippen LogP contribution is 2.44. The number of carbonyl (C=O) groups is 3. The minimum absolute atomic E-state index is 0.0442. The number of hydrogen-bond donors (Lipinski definition) is 0. The molecule has 0 aromatic heterocycles. The summed E-state index contributed by atoms with van der Waals surface area (Å²) in [6.07, 6.45) is 0.593. The summed E-state index contributed by atoms with van der Waals surface area (Å²) in [7, 11) is -1.55. The number of Topliss-reactive ketones (excluding diaryl/α,β-unsaturated/α-hetero) is 1. The smallest absolute Gasteiger partial charge is 0.355 e. The number of amides is 1. The molecular formula is C20H32Cl3NO4SSi. The zero-order valence-corrected chi connectivity index (χ0v) is 23.0. The number of carbonyl (C=O) groups excluding carboxylic acids is 3. The van der Waals surface area contributed by atoms with Crippen molar-refractivity contribution in [3.8, 4) is 0 Å². The second-order valence-corrected chi connectivity index (χ2v) is 21.0. The maximum Gasteiger partial charge on any atom is 0.355 e. The van der Waals surface area contributed by atoms with Crippen LogP contribution in [0.15, 0.2) is 11.3 Å². The van der Waals surface area contributed by atoms with Crippen molar-refractivity contribution in [3.05, 3.63) is 11.3 Å². The lowest BCUT2D eigenvalue weighted by molar-refractivity contribution is -0.162. The maximum atomic E-state index is 12.9. The predicted octanol–water partition coefficient (Wildman–Crippen LogP) is 5.74. The molecule has 30 heavy (non-hydrogen) atoms. The van der Waals surface area contributed by atoms with Crippen LogP contribution in [0.4, 0.5) is 0 Å². The Morgan fingerprint density at radius 1 is 1.13 bits per heavy atom. The van der Waals surface area contributed by atoms with Crippen LogP contribution in [0.2, 0.25) is 18.1 Å². The molecule has 1 saturated heterocycles. The van der Waals surface area contributed by atoms with E-state index in [9.17, 15) is 14.4 Å². The van der Waals surface area contributed by atoms with Gasteiger partial charge in [0.1, 0.15) is 25.6 Å². The monoisotopic (exact) mass is 515 g/mol. The molecule has 1 aliphatic rings. The Kier molecular flexibility index (Phi) is 9.42. The first-order chi connectivity index (χ1) is 13.4. The first kappa shape index (κ1) is 27.8. The fourth-order valence-electron chi connectivity index (χ4n) is 2.96. The van der Waals surface area contributed by atoms with Gasteiger partial charge in [0.2, 0.25) is 9.70 Å². The SMILES string of the molecule is CC(=O)[C@H]1[C@@H](CCS[Si](C)(C)C(C)(C)C)C(=O)N1C(C(=O)OCC(Cl)(Cl)Cl)=C(C)C. The van der Waals surface area contributed by atoms with E-state index in [1.807, 2.05) is 11.2 Å². The molecule has 172 valence electrons. The van der Waals surface area contributed by atoms with Gasteiger partial charge in [0.15, 0.2) is 5.78 Å². The van der Waals surface area contributed by atoms with Gasteiger partial charge < -0.3 is 4.74 Å². The van der Waals surface area contributed by atoms with Gasteiger partial charge in [-0.3, -0.25) is 14.5 Å². The highest BCUT2D eigenvalue weighted by Gasteiger charge is 2.53. The number of likely N-dealkylation sites (tertiary alicyclic amines) is 1. The molecule has 1 heterocycles. The van der Waals surface area contributed by atoms with Gasteiger partial charge in [-0.1, -0.05) is 68.7 Å². The van der Waals surface area contributed by atoms with Crippen molar-refractivity contribution in [2.24, 2.45) is 5.92 Å². The van der Waals surface area contributed by atoms with Crippen LogP contribution in [-0.4, -0.2) is 52.0 Å². The average Bonchev–Trinajstić information content (AvgIpc) is 2.54. The zero-order valence-electron chi connectivity index (χ0n) is 18.9. The number of nitrogens with zero attached hydrogens (tertiary/aromatic N) is 1. The molecule has 0 aromatic carbocycles. The molecule has 5 nitrogen and oxygen atoms in total. The number of ketones is 1. The third-order valence-electron chi connectivity index (χ3n) is 5.60. The highest BCUT2D eigenvalue weighted by atomic mass is 35.6. The normalized spacial score (nSPS) is 20.0. The summed E-state index contributed by atoms with van der Waals surface area (Å²) in [5.74, 6) is -0.824. The van der Waals surface area contributed by atoms with Crippen molar-refractivity contribution in [1.29, 1.82) is 0 Å². The Balaban J connectivity index is 2.95. The van der Waals surface area contributed by atoms with Crippen LogP contribution >= 0.6 is 46.0 Å². The summed E-state index contributed by atoms with van der Waals surface area (Å²) in [5, 5.41) is 0.231. The minimum atomic E-state index is -1.76. The van der Waals surface area contributed by atoms with Crippen molar-refractivity contribution >= 4 is 70.9 Å². The van der Waals surface area contributed by atoms with Crippen molar-refractivity contribution < 1.29 is 19.1 Å². The van der Waals surface area contributed by atoms with Crippen LogP contribution in [-0.2, 0) is 19.1 Å². The van der Waals surface area contributed by atoms with Crippen LogP contribution in [0.25, 0.3) is 0 Å². The van der Waals surface area contributed by atoms with E-state index in [1.165, 1.54) is 11.8 Å². The van der Waals surface area contributed by atoms with Gasteiger partial charge in [-0.15, -0.1) is 0 Å². The molecule has 0 spiro atoms. The molecule has 10 heteroatoms. The second-order valence-electron chi connectivity index (χ2n) is 9.31. The molecule has 0 saturated carbocycles. The molecule has 0 unspecified atom stereocenters. The number of hydrogen-bond acceptors (Lipinski definition) is 5. The van der Waals surface area contributed by atoms with Gasteiger partial charge in [-0.2, -0.15) is 11.2 Å². The van der Waals surface area contributed by atoms with E-state index in [-0.39, 0.29) is 22.4 Å². The van der Waals surface area contributed by atoms with Gasteiger partial charge in [-0.25, -0.2) is 4.79 Å². The van der Waals surface area contributed by atoms with Gasteiger partial charge in [0.25, 0.3) is 0 Å². The van der Waals surface area contributed by atoms with Crippen molar-refractivity contribution in [1.82, 2.24) is 4.90 Å². The van der Waals surface area contributed by atoms with E-state index in [4.69, 9.17) is 39.5 Å². The van der Waals surface area contributed by atoms with Crippen LogP contribution in [0.1, 0.15) is 48.0 Å². The predicted molar refractivity (Wildman–Crippen MR) is 129 cm³/mol. The summed E-state index contributed by atoms with van der Waals surface area (Å²) in [4.78, 5) is 39.1. The first-order valence-electron chi connectivity index (χ1n) is 9.79. The number of esters is 1. The minimum Gasteiger partial charge on any atom is -0.456 e. The lowest BCUT2D eigenvalue weighted by Crippen LogP contribution is -2.64. The standard InChI is InChI=1S/C20H32Cl3NO4SSi/c1-12(2)15(18(27)28-11-20(21,22)23)24-16(13(3)25)14(17(24)26)9-10-29-30(7,8)19(4,5)6/h14,16H,9-11H2,1-8H3/t14-,16+/m1/s1. The lowest BCUT2D eigenvalue weighted by Gasteiger charge is -2.47. The van der Waals surface area contributed by atoms with Gasteiger partial charge in [0, 0.05) is 0 Å². The van der Waals surface area contributed by atoms with E-state index < -0.39 is 35.6 Å². The largest absolute Gasteiger partial charge is 0.456 e. The summed E-state index contributed by atoms with van der Waals surface area (Å²) in [6.45, 7) is 15.7. The first-order valence-corrected chi connectivity index (χ1v) is 15.6. The van der Waals surface area contributed by atoms with Gasteiger partial charge >= 0.3 is 5.97 Å². The van der Waals surface area contributed by atoms with Crippen LogP contribution in [0, 0.1) is 5.92 Å². The molecule has 1 fully saturated rings. The summed E-state index contributed by atoms with van der Waals surface area (Å²) in [6, 6.07) is -0.678. The number of allylic oxidation sites excluding steroid dienone is 1. The Morgan fingerprint density at radius 3 is 2.07 bits per heavy atom. The number of ether oxygens (including phenoxy) is 1. The number of β-lactam (4-membered cyclic amide) rings is 1. The van der Waals surface area contributed by atoms with Gasteiger partial charge in [-0.05, 0) is 43.6 Å². The van der Waals surface area contributed by atoms with E-state index in [0.717, 1.165) is 5.75 Å².